The summed E-state index contributed by atoms with van der Waals surface area (Å²) in [5.41, 5.74) is 10.4. The molecule has 11 heteroatoms. The summed E-state index contributed by atoms with van der Waals surface area (Å²) in [6.45, 7) is -0.0855. The molecule has 2 aromatic heterocycles. The van der Waals surface area contributed by atoms with Gasteiger partial charge in [-0.05, 0) is 63.2 Å². The number of nitrogens with two attached hydrogens (primary N) is 1. The Hall–Kier alpha value is -3.48. The molecule has 0 unspecified atom stereocenters. The van der Waals surface area contributed by atoms with E-state index in [2.05, 4.69) is 53.0 Å². The topological polar surface area (TPSA) is 144 Å². The number of para-hydroxylation sites is 2. The molecule has 0 bridgehead atoms. The lowest BCUT2D eigenvalue weighted by molar-refractivity contribution is -0.121. The number of nitrogens with zero attached hydrogens (tertiary/aromatic N) is 5. The van der Waals surface area contributed by atoms with Crippen molar-refractivity contribution in [1.82, 2.24) is 25.3 Å². The fourth-order valence-electron chi connectivity index (χ4n) is 2.75. The number of carbonyl (C=O) groups is 1. The van der Waals surface area contributed by atoms with Gasteiger partial charge in [-0.1, -0.05) is 12.1 Å². The molecular weight excluding hydrogens is 489 g/mol. The Balaban J connectivity index is 1.59. The SMILES string of the molecule is Nc1nonc1-c1nc2ccccc2n1CC(=O)N/N=C/c1cc(I)ccc1O. The molecule has 1 amide bonds. The largest absolute Gasteiger partial charge is 0.507 e. The molecule has 2 heterocycles. The summed E-state index contributed by atoms with van der Waals surface area (Å²) in [6.07, 6.45) is 1.38. The second-order valence-electron chi connectivity index (χ2n) is 6.00. The van der Waals surface area contributed by atoms with Crippen molar-refractivity contribution in [1.29, 1.82) is 0 Å². The van der Waals surface area contributed by atoms with E-state index in [9.17, 15) is 9.90 Å². The first-order chi connectivity index (χ1) is 14.0. The van der Waals surface area contributed by atoms with Gasteiger partial charge in [0.1, 0.15) is 12.3 Å². The summed E-state index contributed by atoms with van der Waals surface area (Å²) < 4.78 is 7.25. The van der Waals surface area contributed by atoms with Gasteiger partial charge in [-0.25, -0.2) is 15.0 Å². The third-order valence-corrected chi connectivity index (χ3v) is 4.74. The number of carbonyl (C=O) groups excluding carboxylic acids is 1. The third kappa shape index (κ3) is 3.89. The van der Waals surface area contributed by atoms with Crippen LogP contribution in [0, 0.1) is 3.57 Å². The number of phenolic OH excluding ortho intramolecular Hbond substituents is 1. The molecule has 0 saturated carbocycles. The van der Waals surface area contributed by atoms with E-state index >= 15 is 0 Å². The van der Waals surface area contributed by atoms with Crippen molar-refractivity contribution < 1.29 is 14.5 Å². The maximum absolute atomic E-state index is 12.5. The maximum Gasteiger partial charge on any atom is 0.260 e. The molecule has 29 heavy (non-hydrogen) atoms. The number of halogens is 1. The molecule has 2 aromatic carbocycles. The average Bonchev–Trinajstić information content (AvgIpc) is 3.28. The number of rotatable bonds is 5. The highest BCUT2D eigenvalue weighted by molar-refractivity contribution is 14.1. The van der Waals surface area contributed by atoms with Crippen LogP contribution in [0.5, 0.6) is 5.75 Å². The molecule has 4 aromatic rings. The van der Waals surface area contributed by atoms with Crippen LogP contribution in [-0.4, -0.2) is 37.1 Å². The van der Waals surface area contributed by atoms with Gasteiger partial charge in [0.2, 0.25) is 0 Å². The molecule has 4 N–H and O–H groups in total. The van der Waals surface area contributed by atoms with E-state index in [0.717, 1.165) is 9.09 Å². The Morgan fingerprint density at radius 1 is 1.31 bits per heavy atom. The molecule has 0 aliphatic carbocycles. The molecule has 0 saturated heterocycles. The van der Waals surface area contributed by atoms with Crippen molar-refractivity contribution in [3.05, 3.63) is 51.6 Å². The normalized spacial score (nSPS) is 11.3. The van der Waals surface area contributed by atoms with Crippen LogP contribution in [0.25, 0.3) is 22.6 Å². The molecule has 0 atom stereocenters. The van der Waals surface area contributed by atoms with Gasteiger partial charge >= 0.3 is 0 Å². The summed E-state index contributed by atoms with van der Waals surface area (Å²) >= 11 is 2.12. The van der Waals surface area contributed by atoms with Gasteiger partial charge in [0, 0.05) is 9.13 Å². The standard InChI is InChI=1S/C18H14IN7O3/c19-11-5-6-14(27)10(7-11)8-21-23-15(28)9-26-13-4-2-1-3-12(13)22-18(26)16-17(20)25-29-24-16/h1-8,27H,9H2,(H2,20,25)(H,23,28)/b21-8+. The number of fused-ring (bicyclic) bond motifs is 1. The molecular formula is C18H14IN7O3. The van der Waals surface area contributed by atoms with Gasteiger partial charge in [0.25, 0.3) is 5.91 Å². The highest BCUT2D eigenvalue weighted by Crippen LogP contribution is 2.26. The number of phenols is 1. The van der Waals surface area contributed by atoms with Gasteiger partial charge in [0.15, 0.2) is 17.3 Å². The van der Waals surface area contributed by atoms with E-state index in [1.165, 1.54) is 6.21 Å². The Kier molecular flexibility index (Phi) is 5.12. The predicted octanol–water partition coefficient (Wildman–Crippen LogP) is 2.13. The van der Waals surface area contributed by atoms with Crippen LogP contribution in [0.1, 0.15) is 5.56 Å². The molecule has 4 rings (SSSR count). The van der Waals surface area contributed by atoms with Crippen molar-refractivity contribution in [2.75, 3.05) is 5.73 Å². The molecule has 10 nitrogen and oxygen atoms in total. The predicted molar refractivity (Wildman–Crippen MR) is 114 cm³/mol. The number of hydrogen-bond donors (Lipinski definition) is 3. The minimum Gasteiger partial charge on any atom is -0.507 e. The second-order valence-corrected chi connectivity index (χ2v) is 7.25. The monoisotopic (exact) mass is 503 g/mol. The highest BCUT2D eigenvalue weighted by atomic mass is 127. The van der Waals surface area contributed by atoms with Crippen molar-refractivity contribution >= 4 is 51.6 Å². The smallest absolute Gasteiger partial charge is 0.260 e. The fourth-order valence-corrected chi connectivity index (χ4v) is 3.26. The van der Waals surface area contributed by atoms with Crippen LogP contribution in [0.15, 0.2) is 52.2 Å². The molecule has 0 radical (unpaired) electrons. The van der Waals surface area contributed by atoms with Crippen LogP contribution in [0.2, 0.25) is 0 Å². The van der Waals surface area contributed by atoms with E-state index in [1.807, 2.05) is 24.3 Å². The Labute approximate surface area is 177 Å². The van der Waals surface area contributed by atoms with Crippen molar-refractivity contribution in [3.63, 3.8) is 0 Å². The van der Waals surface area contributed by atoms with Crippen LogP contribution in [0.4, 0.5) is 5.82 Å². The number of hydrazone groups is 1. The zero-order chi connectivity index (χ0) is 20.4. The molecule has 0 aliphatic heterocycles. The van der Waals surface area contributed by atoms with Gasteiger partial charge in [-0.2, -0.15) is 5.10 Å². The van der Waals surface area contributed by atoms with E-state index in [-0.39, 0.29) is 23.8 Å². The number of aromatic hydroxyl groups is 1. The summed E-state index contributed by atoms with van der Waals surface area (Å²) in [4.78, 5) is 17.0. The first-order valence-corrected chi connectivity index (χ1v) is 9.45. The Morgan fingerprint density at radius 2 is 2.14 bits per heavy atom. The number of benzene rings is 2. The van der Waals surface area contributed by atoms with Crippen LogP contribution >= 0.6 is 22.6 Å². The number of aromatic nitrogens is 4. The van der Waals surface area contributed by atoms with Crippen LogP contribution in [-0.2, 0) is 11.3 Å². The van der Waals surface area contributed by atoms with E-state index in [4.69, 9.17) is 5.73 Å². The zero-order valence-corrected chi connectivity index (χ0v) is 16.9. The van der Waals surface area contributed by atoms with Gasteiger partial charge in [-0.3, -0.25) is 4.79 Å². The minimum atomic E-state index is -0.397. The number of nitrogen functional groups attached to an aromatic ring is 1. The van der Waals surface area contributed by atoms with Gasteiger partial charge < -0.3 is 15.4 Å². The summed E-state index contributed by atoms with van der Waals surface area (Å²) in [5.74, 6) is 0.111. The lowest BCUT2D eigenvalue weighted by atomic mass is 10.2. The number of nitrogens with one attached hydrogen (secondary N) is 1. The number of hydrogen-bond acceptors (Lipinski definition) is 8. The van der Waals surface area contributed by atoms with E-state index in [1.54, 1.807) is 22.8 Å². The van der Waals surface area contributed by atoms with Crippen molar-refractivity contribution in [2.45, 2.75) is 6.54 Å². The van der Waals surface area contributed by atoms with Crippen molar-refractivity contribution in [2.24, 2.45) is 5.10 Å². The molecule has 0 aliphatic rings. The summed E-state index contributed by atoms with van der Waals surface area (Å²) in [5, 5.41) is 21.1. The average molecular weight is 503 g/mol. The Morgan fingerprint density at radius 3 is 2.93 bits per heavy atom. The summed E-state index contributed by atoms with van der Waals surface area (Å²) in [6, 6.07) is 12.4. The van der Waals surface area contributed by atoms with Gasteiger partial charge in [0.05, 0.1) is 17.2 Å². The van der Waals surface area contributed by atoms with E-state index < -0.39 is 5.91 Å². The number of anilines is 1. The van der Waals surface area contributed by atoms with E-state index in [0.29, 0.717) is 16.9 Å². The fraction of sp³-hybridized carbons (Fsp3) is 0.0556. The first-order valence-electron chi connectivity index (χ1n) is 8.37. The second kappa shape index (κ2) is 7.87. The first kappa shape index (κ1) is 18.9. The number of imidazole rings is 1. The van der Waals surface area contributed by atoms with Crippen molar-refractivity contribution in [3.8, 4) is 17.3 Å². The molecule has 0 spiro atoms. The highest BCUT2D eigenvalue weighted by Gasteiger charge is 2.20. The molecule has 146 valence electrons. The Bertz CT molecular complexity index is 1230. The quantitative estimate of drug-likeness (QED) is 0.215. The minimum absolute atomic E-state index is 0.0697. The number of amides is 1. The van der Waals surface area contributed by atoms with Gasteiger partial charge in [-0.15, -0.1) is 0 Å². The zero-order valence-electron chi connectivity index (χ0n) is 14.8. The lowest BCUT2D eigenvalue weighted by Gasteiger charge is -2.06. The summed E-state index contributed by atoms with van der Waals surface area (Å²) in [7, 11) is 0. The third-order valence-electron chi connectivity index (χ3n) is 4.06. The van der Waals surface area contributed by atoms with Crippen LogP contribution < -0.4 is 11.2 Å². The van der Waals surface area contributed by atoms with Crippen LogP contribution in [0.3, 0.4) is 0 Å². The molecule has 0 fully saturated rings. The maximum atomic E-state index is 12.5. The lowest BCUT2D eigenvalue weighted by Crippen LogP contribution is -2.23.